The molecular formula is C22H19N5OS. The second-order valence-electron chi connectivity index (χ2n) is 6.91. The Balaban J connectivity index is 1.24. The van der Waals surface area contributed by atoms with Crippen LogP contribution in [0.4, 0.5) is 5.69 Å². The number of benzene rings is 2. The molecule has 0 saturated carbocycles. The molecule has 4 aromatic rings. The molecule has 0 bridgehead atoms. The predicted octanol–water partition coefficient (Wildman–Crippen LogP) is 4.15. The number of anilines is 1. The largest absolute Gasteiger partial charge is 0.333 e. The number of aryl methyl sites for hydroxylation is 1. The molecule has 144 valence electrons. The molecule has 1 amide bonds. The van der Waals surface area contributed by atoms with Gasteiger partial charge in [-0.2, -0.15) is 0 Å². The van der Waals surface area contributed by atoms with Crippen LogP contribution < -0.4 is 5.32 Å². The van der Waals surface area contributed by atoms with Crippen LogP contribution >= 0.6 is 11.8 Å². The summed E-state index contributed by atoms with van der Waals surface area (Å²) in [7, 11) is 0. The minimum atomic E-state index is -0.121. The van der Waals surface area contributed by atoms with Gasteiger partial charge in [0.15, 0.2) is 5.16 Å². The molecule has 2 aromatic heterocycles. The number of rotatable bonds is 5. The summed E-state index contributed by atoms with van der Waals surface area (Å²) in [5, 5.41) is 4.03. The molecule has 29 heavy (non-hydrogen) atoms. The van der Waals surface area contributed by atoms with Crippen LogP contribution in [-0.2, 0) is 13.1 Å². The Morgan fingerprint density at radius 1 is 1.10 bits per heavy atom. The van der Waals surface area contributed by atoms with Crippen LogP contribution in [0.1, 0.15) is 15.9 Å². The number of amides is 1. The monoisotopic (exact) mass is 401 g/mol. The van der Waals surface area contributed by atoms with Crippen LogP contribution in [0.15, 0.2) is 78.6 Å². The highest BCUT2D eigenvalue weighted by molar-refractivity contribution is 7.99. The van der Waals surface area contributed by atoms with Crippen molar-refractivity contribution in [3.8, 4) is 11.3 Å². The number of carbonyl (C=O) groups excluding carboxylic acids is 1. The number of hydrogen-bond donors (Lipinski definition) is 1. The van der Waals surface area contributed by atoms with Gasteiger partial charge in [0.2, 0.25) is 0 Å². The summed E-state index contributed by atoms with van der Waals surface area (Å²) in [6.07, 6.45) is 7.54. The molecule has 0 atom stereocenters. The van der Waals surface area contributed by atoms with Gasteiger partial charge in [0.05, 0.1) is 12.0 Å². The summed E-state index contributed by atoms with van der Waals surface area (Å²) < 4.78 is 4.18. The van der Waals surface area contributed by atoms with E-state index >= 15 is 0 Å². The van der Waals surface area contributed by atoms with E-state index in [9.17, 15) is 4.79 Å². The molecule has 0 radical (unpaired) electrons. The van der Waals surface area contributed by atoms with Gasteiger partial charge in [0, 0.05) is 54.2 Å². The molecule has 3 heterocycles. The van der Waals surface area contributed by atoms with Gasteiger partial charge in [-0.1, -0.05) is 36.0 Å². The highest BCUT2D eigenvalue weighted by Crippen LogP contribution is 2.29. The Morgan fingerprint density at radius 3 is 2.66 bits per heavy atom. The van der Waals surface area contributed by atoms with E-state index in [2.05, 4.69) is 26.0 Å². The third kappa shape index (κ3) is 3.82. The van der Waals surface area contributed by atoms with Gasteiger partial charge in [-0.25, -0.2) is 9.97 Å². The second-order valence-corrected chi connectivity index (χ2v) is 7.98. The van der Waals surface area contributed by atoms with Gasteiger partial charge in [-0.15, -0.1) is 0 Å². The predicted molar refractivity (Wildman–Crippen MR) is 114 cm³/mol. The van der Waals surface area contributed by atoms with Crippen molar-refractivity contribution in [2.75, 3.05) is 11.1 Å². The zero-order chi connectivity index (χ0) is 19.6. The number of nitrogens with one attached hydrogen (secondary N) is 1. The third-order valence-electron chi connectivity index (χ3n) is 4.88. The van der Waals surface area contributed by atoms with Crippen molar-refractivity contribution in [1.82, 2.24) is 19.1 Å². The van der Waals surface area contributed by atoms with Crippen LogP contribution in [0.5, 0.6) is 0 Å². The topological polar surface area (TPSA) is 64.7 Å². The van der Waals surface area contributed by atoms with Crippen LogP contribution in [0.25, 0.3) is 11.3 Å². The van der Waals surface area contributed by atoms with E-state index < -0.39 is 0 Å². The summed E-state index contributed by atoms with van der Waals surface area (Å²) in [6, 6.07) is 15.4. The van der Waals surface area contributed by atoms with E-state index in [4.69, 9.17) is 0 Å². The summed E-state index contributed by atoms with van der Waals surface area (Å²) >= 11 is 1.78. The first-order valence-corrected chi connectivity index (χ1v) is 10.4. The van der Waals surface area contributed by atoms with Gasteiger partial charge in [-0.3, -0.25) is 4.79 Å². The fourth-order valence-electron chi connectivity index (χ4n) is 3.33. The minimum absolute atomic E-state index is 0.121. The first-order chi connectivity index (χ1) is 14.2. The van der Waals surface area contributed by atoms with E-state index in [-0.39, 0.29) is 5.91 Å². The average Bonchev–Trinajstić information content (AvgIpc) is 3.47. The molecule has 2 aromatic carbocycles. The maximum Gasteiger partial charge on any atom is 0.255 e. The zero-order valence-corrected chi connectivity index (χ0v) is 16.5. The lowest BCUT2D eigenvalue weighted by Gasteiger charge is -2.07. The molecule has 1 aliphatic heterocycles. The van der Waals surface area contributed by atoms with E-state index in [0.717, 1.165) is 46.5 Å². The second kappa shape index (κ2) is 7.60. The number of fused-ring (bicyclic) bond motifs is 1. The van der Waals surface area contributed by atoms with Crippen LogP contribution in [-0.4, -0.2) is 30.8 Å². The smallest absolute Gasteiger partial charge is 0.255 e. The van der Waals surface area contributed by atoms with Crippen molar-refractivity contribution >= 4 is 23.4 Å². The molecule has 1 N–H and O–H groups in total. The van der Waals surface area contributed by atoms with Crippen LogP contribution in [0.3, 0.4) is 0 Å². The van der Waals surface area contributed by atoms with Gasteiger partial charge < -0.3 is 14.5 Å². The van der Waals surface area contributed by atoms with Crippen molar-refractivity contribution in [3.63, 3.8) is 0 Å². The molecule has 0 fully saturated rings. The van der Waals surface area contributed by atoms with Crippen molar-refractivity contribution < 1.29 is 4.79 Å². The van der Waals surface area contributed by atoms with Crippen molar-refractivity contribution in [3.05, 3.63) is 84.6 Å². The Bertz CT molecular complexity index is 1110. The van der Waals surface area contributed by atoms with E-state index in [1.54, 1.807) is 24.3 Å². The normalized spacial score (nSPS) is 12.7. The average molecular weight is 401 g/mol. The first-order valence-electron chi connectivity index (χ1n) is 9.41. The minimum Gasteiger partial charge on any atom is -0.333 e. The van der Waals surface area contributed by atoms with Crippen LogP contribution in [0, 0.1) is 0 Å². The Labute approximate surface area is 172 Å². The zero-order valence-electron chi connectivity index (χ0n) is 15.7. The van der Waals surface area contributed by atoms with Gasteiger partial charge >= 0.3 is 0 Å². The highest BCUT2D eigenvalue weighted by Gasteiger charge is 2.15. The SMILES string of the molecule is O=C(Nc1ccc(-c2cn3c(n2)SCC3)cc1)c1ccc(Cn2ccnc2)cc1. The van der Waals surface area contributed by atoms with E-state index in [1.807, 2.05) is 59.3 Å². The van der Waals surface area contributed by atoms with E-state index in [1.165, 1.54) is 0 Å². The molecule has 6 nitrogen and oxygen atoms in total. The number of hydrogen-bond acceptors (Lipinski definition) is 4. The molecule has 1 aliphatic rings. The number of thioether (sulfide) groups is 1. The molecule has 0 saturated heterocycles. The Hall–Kier alpha value is -3.32. The van der Waals surface area contributed by atoms with E-state index in [0.29, 0.717) is 5.56 Å². The summed E-state index contributed by atoms with van der Waals surface area (Å²) in [5.41, 5.74) is 4.54. The van der Waals surface area contributed by atoms with Gasteiger partial charge in [-0.05, 0) is 29.8 Å². The molecule has 0 unspecified atom stereocenters. The molecule has 0 aliphatic carbocycles. The molecule has 5 rings (SSSR count). The summed E-state index contributed by atoms with van der Waals surface area (Å²) in [6.45, 7) is 1.75. The number of imidazole rings is 2. The molecule has 7 heteroatoms. The molecule has 0 spiro atoms. The van der Waals surface area contributed by atoms with Crippen LogP contribution in [0.2, 0.25) is 0 Å². The number of aromatic nitrogens is 4. The quantitative estimate of drug-likeness (QED) is 0.546. The maximum absolute atomic E-state index is 12.5. The Kier molecular flexibility index (Phi) is 4.65. The standard InChI is InChI=1S/C22H19N5OS/c28-21(18-3-1-16(2-4-18)13-26-10-9-23-15-26)24-19-7-5-17(6-8-19)20-14-27-11-12-29-22(27)25-20/h1-10,14-15H,11-13H2,(H,24,28). The maximum atomic E-state index is 12.5. The van der Waals surface area contributed by atoms with Crippen molar-refractivity contribution in [2.24, 2.45) is 0 Å². The van der Waals surface area contributed by atoms with Gasteiger partial charge in [0.1, 0.15) is 0 Å². The van der Waals surface area contributed by atoms with Gasteiger partial charge in [0.25, 0.3) is 5.91 Å². The lowest BCUT2D eigenvalue weighted by atomic mass is 10.1. The lowest BCUT2D eigenvalue weighted by molar-refractivity contribution is 0.102. The highest BCUT2D eigenvalue weighted by atomic mass is 32.2. The summed E-state index contributed by atoms with van der Waals surface area (Å²) in [5.74, 6) is 0.974. The fourth-order valence-corrected chi connectivity index (χ4v) is 4.27. The lowest BCUT2D eigenvalue weighted by Crippen LogP contribution is -2.11. The Morgan fingerprint density at radius 2 is 1.93 bits per heavy atom. The number of nitrogens with zero attached hydrogens (tertiary/aromatic N) is 4. The van der Waals surface area contributed by atoms with Crippen molar-refractivity contribution in [1.29, 1.82) is 0 Å². The fraction of sp³-hybridized carbons (Fsp3) is 0.136. The summed E-state index contributed by atoms with van der Waals surface area (Å²) in [4.78, 5) is 21.3. The first kappa shape index (κ1) is 17.8. The third-order valence-corrected chi connectivity index (χ3v) is 5.85. The van der Waals surface area contributed by atoms with Crippen molar-refractivity contribution in [2.45, 2.75) is 18.2 Å². The molecular weight excluding hydrogens is 382 g/mol. The number of carbonyl (C=O) groups is 1.